The van der Waals surface area contributed by atoms with E-state index in [-0.39, 0.29) is 0 Å². The van der Waals surface area contributed by atoms with E-state index in [4.69, 9.17) is 15.9 Å². The van der Waals surface area contributed by atoms with Crippen molar-refractivity contribution in [3.63, 3.8) is 0 Å². The summed E-state index contributed by atoms with van der Waals surface area (Å²) in [5.74, 6) is 0. The molecule has 0 aromatic rings. The molecule has 12 heavy (non-hydrogen) atoms. The summed E-state index contributed by atoms with van der Waals surface area (Å²) in [7, 11) is 0. The van der Waals surface area contributed by atoms with Crippen molar-refractivity contribution in [3.05, 3.63) is 20.9 Å². The number of urea groups is 1. The van der Waals surface area contributed by atoms with Crippen molar-refractivity contribution < 1.29 is 9.59 Å². The molecule has 0 rings (SSSR count). The largest absolute Gasteiger partial charge is 0.313 e. The Labute approximate surface area is 75.3 Å². The third-order valence-electron chi connectivity index (χ3n) is 0.261. The van der Waals surface area contributed by atoms with Gasteiger partial charge >= 0.3 is 10.7 Å². The van der Waals surface area contributed by atoms with Gasteiger partial charge in [-0.2, -0.15) is 0 Å². The molecule has 0 aliphatic carbocycles. The molecule has 2 amide bonds. The maximum absolute atomic E-state index is 9.80. The normalized spacial score (nSPS) is 6.17. The van der Waals surface area contributed by atoms with Crippen LogP contribution in [0.15, 0.2) is 10.2 Å². The highest BCUT2D eigenvalue weighted by molar-refractivity contribution is 6.93. The Kier molecular flexibility index (Phi) is 10.5. The summed E-state index contributed by atoms with van der Waals surface area (Å²) < 4.78 is -0.889. The number of halogens is 2. The van der Waals surface area contributed by atoms with E-state index in [1.807, 2.05) is 0 Å². The molecule has 8 nitrogen and oxygen atoms in total. The van der Waals surface area contributed by atoms with E-state index in [0.717, 1.165) is 0 Å². The number of carbonyl (C=O) groups excluding carboxylic acids is 2. The van der Waals surface area contributed by atoms with Gasteiger partial charge in [-0.3, -0.25) is 9.59 Å². The fourth-order valence-corrected chi connectivity index (χ4v) is 0.0965. The Balaban J connectivity index is 0. The van der Waals surface area contributed by atoms with Gasteiger partial charge in [0.15, 0.2) is 0 Å². The van der Waals surface area contributed by atoms with Gasteiger partial charge in [-0.25, -0.2) is 0 Å². The molecule has 0 saturated heterocycles. The van der Waals surface area contributed by atoms with E-state index in [1.54, 1.807) is 0 Å². The number of rotatable bonds is 0. The number of nitrogens with zero attached hydrogens (tertiary/aromatic N) is 6. The zero-order valence-corrected chi connectivity index (χ0v) is 6.77. The number of carbonyl (C=O) groups is 2. The highest BCUT2D eigenvalue weighted by atomic mass is 35.5. The van der Waals surface area contributed by atoms with Crippen molar-refractivity contribution in [1.29, 1.82) is 0 Å². The van der Waals surface area contributed by atoms with Crippen LogP contribution < -0.4 is 0 Å². The van der Waals surface area contributed by atoms with E-state index < -0.39 is 10.7 Å². The molecule has 0 saturated carbocycles. The summed E-state index contributed by atoms with van der Waals surface area (Å²) in [6.07, 6.45) is 0. The molecule has 0 radical (unpaired) electrons. The molecule has 0 aromatic heterocycles. The first-order valence-electron chi connectivity index (χ1n) is 2.03. The quantitative estimate of drug-likeness (QED) is 0.263. The molecule has 64 valence electrons. The van der Waals surface area contributed by atoms with Gasteiger partial charge in [0, 0.05) is 9.82 Å². The first kappa shape index (κ1) is 13.2. The molecule has 0 fully saturated rings. The standard InChI is InChI=1S/CCl2O.CN6O/c2-1(3)4;2-6-4-1(8)5-7-3. The van der Waals surface area contributed by atoms with Crippen molar-refractivity contribution in [2.75, 3.05) is 0 Å². The zero-order valence-electron chi connectivity index (χ0n) is 5.26. The molecule has 0 aliphatic rings. The van der Waals surface area contributed by atoms with Crippen LogP contribution in [0.3, 0.4) is 0 Å². The maximum atomic E-state index is 9.80. The molecule has 0 bridgehead atoms. The second-order valence-corrected chi connectivity index (χ2v) is 1.77. The molecule has 0 N–H and O–H groups in total. The van der Waals surface area contributed by atoms with Crippen LogP contribution in [0.25, 0.3) is 20.9 Å². The van der Waals surface area contributed by atoms with Gasteiger partial charge in [0.05, 0.1) is 0 Å². The van der Waals surface area contributed by atoms with E-state index in [2.05, 4.69) is 43.3 Å². The lowest BCUT2D eigenvalue weighted by atomic mass is 11.2. The second kappa shape index (κ2) is 9.54. The van der Waals surface area contributed by atoms with Crippen molar-refractivity contribution in [2.24, 2.45) is 10.2 Å². The minimum Gasteiger partial charge on any atom is -0.285 e. The monoisotopic (exact) mass is 210 g/mol. The molecule has 10 heteroatoms. The molecule has 0 aliphatic heterocycles. The van der Waals surface area contributed by atoms with Gasteiger partial charge in [0.2, 0.25) is 0 Å². The Morgan fingerprint density at radius 1 is 1.08 bits per heavy atom. The lowest BCUT2D eigenvalue weighted by molar-refractivity contribution is 0.256. The molecule has 0 spiro atoms. The SMILES string of the molecule is O=C(Cl)Cl.[N-]=[N+]=NC(=O)N=[N+]=[N-]. The smallest absolute Gasteiger partial charge is 0.285 e. The number of hydrogen-bond acceptors (Lipinski definition) is 2. The lowest BCUT2D eigenvalue weighted by Gasteiger charge is -1.65. The Morgan fingerprint density at radius 3 is 1.50 bits per heavy atom. The van der Waals surface area contributed by atoms with Crippen LogP contribution in [0, 0.1) is 0 Å². The molecule has 0 heterocycles. The minimum atomic E-state index is -1.17. The average molecular weight is 211 g/mol. The summed E-state index contributed by atoms with van der Waals surface area (Å²) in [6, 6.07) is -1.17. The van der Waals surface area contributed by atoms with Gasteiger partial charge < -0.3 is 0 Å². The third-order valence-corrected chi connectivity index (χ3v) is 0.261. The van der Waals surface area contributed by atoms with Gasteiger partial charge in [-0.05, 0) is 44.5 Å². The van der Waals surface area contributed by atoms with Crippen LogP contribution in [0.1, 0.15) is 0 Å². The lowest BCUT2D eigenvalue weighted by Crippen LogP contribution is -1.73. The van der Waals surface area contributed by atoms with E-state index >= 15 is 0 Å². The highest BCUT2D eigenvalue weighted by Gasteiger charge is 1.84. The van der Waals surface area contributed by atoms with Crippen molar-refractivity contribution >= 4 is 33.9 Å². The molecule has 0 aromatic carbocycles. The van der Waals surface area contributed by atoms with Crippen molar-refractivity contribution in [2.45, 2.75) is 0 Å². The number of azide groups is 1. The average Bonchev–Trinajstić information content (AvgIpc) is 1.87. The first-order chi connectivity index (χ1) is 5.54. The first-order valence-corrected chi connectivity index (χ1v) is 2.79. The minimum absolute atomic E-state index is 0.889. The van der Waals surface area contributed by atoms with Crippen molar-refractivity contribution in [1.82, 2.24) is 0 Å². The maximum Gasteiger partial charge on any atom is 0.313 e. The van der Waals surface area contributed by atoms with Gasteiger partial charge in [-0.1, -0.05) is 0 Å². The molecule has 0 atom stereocenters. The van der Waals surface area contributed by atoms with Crippen molar-refractivity contribution in [3.8, 4) is 0 Å². The topological polar surface area (TPSA) is 132 Å². The summed E-state index contributed by atoms with van der Waals surface area (Å²) in [5.41, 5.74) is 15.0. The fourth-order valence-electron chi connectivity index (χ4n) is 0.0965. The molecular weight excluding hydrogens is 211 g/mol. The van der Waals surface area contributed by atoms with E-state index in [1.165, 1.54) is 0 Å². The Hall–Kier alpha value is -1.46. The summed E-state index contributed by atoms with van der Waals surface area (Å²) >= 11 is 8.80. The van der Waals surface area contributed by atoms with Crippen LogP contribution in [0.2, 0.25) is 0 Å². The number of hydrogen-bond donors (Lipinski definition) is 0. The van der Waals surface area contributed by atoms with Gasteiger partial charge in [0.1, 0.15) is 0 Å². The molecular formula is C2Cl2N6O2. The Morgan fingerprint density at radius 2 is 1.33 bits per heavy atom. The summed E-state index contributed by atoms with van der Waals surface area (Å²) in [4.78, 5) is 22.9. The van der Waals surface area contributed by atoms with Crippen LogP contribution in [0.4, 0.5) is 9.59 Å². The van der Waals surface area contributed by atoms with Crippen LogP contribution >= 0.6 is 23.2 Å². The Bertz CT molecular complexity index is 239. The fraction of sp³-hybridized carbons (Fsp3) is 0. The van der Waals surface area contributed by atoms with Gasteiger partial charge in [-0.15, -0.1) is 0 Å². The van der Waals surface area contributed by atoms with E-state index in [9.17, 15) is 4.79 Å². The predicted molar refractivity (Wildman–Crippen MR) is 40.8 cm³/mol. The third kappa shape index (κ3) is 23.6. The second-order valence-electron chi connectivity index (χ2n) is 0.887. The van der Waals surface area contributed by atoms with Gasteiger partial charge in [0.25, 0.3) is 0 Å². The van der Waals surface area contributed by atoms with Crippen LogP contribution in [0.5, 0.6) is 0 Å². The van der Waals surface area contributed by atoms with Crippen LogP contribution in [-0.2, 0) is 0 Å². The highest BCUT2D eigenvalue weighted by Crippen LogP contribution is 1.84. The summed E-state index contributed by atoms with van der Waals surface area (Å²) in [5, 5.41) is 4.87. The van der Waals surface area contributed by atoms with E-state index in [0.29, 0.717) is 0 Å². The predicted octanol–water partition coefficient (Wildman–Crippen LogP) is 3.31. The van der Waals surface area contributed by atoms with Crippen LogP contribution in [-0.4, -0.2) is 10.7 Å². The summed E-state index contributed by atoms with van der Waals surface area (Å²) in [6.45, 7) is 0. The number of amides is 2. The zero-order chi connectivity index (χ0) is 9.98. The molecule has 0 unspecified atom stereocenters.